The van der Waals surface area contributed by atoms with E-state index in [1.54, 1.807) is 6.92 Å². The maximum atomic E-state index is 11.3. The van der Waals surface area contributed by atoms with Crippen molar-refractivity contribution < 1.29 is 14.6 Å². The van der Waals surface area contributed by atoms with Crippen LogP contribution in [0.2, 0.25) is 0 Å². The molecule has 0 saturated heterocycles. The zero-order valence-corrected chi connectivity index (χ0v) is 11.0. The van der Waals surface area contributed by atoms with Crippen molar-refractivity contribution in [1.29, 1.82) is 0 Å². The summed E-state index contributed by atoms with van der Waals surface area (Å²) in [5.74, 6) is -0.352. The van der Waals surface area contributed by atoms with Crippen molar-refractivity contribution in [2.24, 2.45) is 0 Å². The summed E-state index contributed by atoms with van der Waals surface area (Å²) in [6.07, 6.45) is -0.207. The fourth-order valence-electron chi connectivity index (χ4n) is 2.21. The Morgan fingerprint density at radius 1 is 1.21 bits per heavy atom. The fourth-order valence-corrected chi connectivity index (χ4v) is 2.21. The Kier molecular flexibility index (Phi) is 4.53. The van der Waals surface area contributed by atoms with Crippen LogP contribution in [0.15, 0.2) is 42.5 Å². The molecule has 19 heavy (non-hydrogen) atoms. The average Bonchev–Trinajstić information content (AvgIpc) is 2.39. The Morgan fingerprint density at radius 2 is 1.95 bits per heavy atom. The first-order chi connectivity index (χ1) is 9.20. The number of aliphatic hydroxyl groups is 1. The van der Waals surface area contributed by atoms with E-state index in [2.05, 4.69) is 0 Å². The quantitative estimate of drug-likeness (QED) is 0.839. The second-order valence-corrected chi connectivity index (χ2v) is 4.51. The zero-order valence-electron chi connectivity index (χ0n) is 11.0. The van der Waals surface area contributed by atoms with Crippen molar-refractivity contribution in [3.63, 3.8) is 0 Å². The second-order valence-electron chi connectivity index (χ2n) is 4.51. The lowest BCUT2D eigenvalue weighted by Crippen LogP contribution is -2.18. The van der Waals surface area contributed by atoms with E-state index in [9.17, 15) is 9.90 Å². The van der Waals surface area contributed by atoms with Gasteiger partial charge in [-0.05, 0) is 29.7 Å². The van der Waals surface area contributed by atoms with Crippen LogP contribution in [-0.4, -0.2) is 23.8 Å². The number of rotatable bonds is 5. The molecule has 0 unspecified atom stereocenters. The fraction of sp³-hybridized carbons (Fsp3) is 0.312. The van der Waals surface area contributed by atoms with E-state index in [1.807, 2.05) is 42.5 Å². The molecule has 2 aromatic rings. The molecule has 0 aliphatic heterocycles. The Labute approximate surface area is 112 Å². The molecule has 3 nitrogen and oxygen atoms in total. The van der Waals surface area contributed by atoms with Crippen LogP contribution in [-0.2, 0) is 16.0 Å². The lowest BCUT2D eigenvalue weighted by Gasteiger charge is -2.12. The molecule has 1 atom stereocenters. The van der Waals surface area contributed by atoms with Gasteiger partial charge in [-0.25, -0.2) is 0 Å². The van der Waals surface area contributed by atoms with Crippen LogP contribution >= 0.6 is 0 Å². The summed E-state index contributed by atoms with van der Waals surface area (Å²) in [5.41, 5.74) is 1.05. The first-order valence-electron chi connectivity index (χ1n) is 6.51. The number of hydrogen-bond acceptors (Lipinski definition) is 3. The normalized spacial score (nSPS) is 12.3. The minimum absolute atomic E-state index is 0.0388. The summed E-state index contributed by atoms with van der Waals surface area (Å²) >= 11 is 0. The topological polar surface area (TPSA) is 46.5 Å². The maximum Gasteiger partial charge on any atom is 0.308 e. The first-order valence-corrected chi connectivity index (χ1v) is 6.51. The highest BCUT2D eigenvalue weighted by Gasteiger charge is 2.13. The number of ether oxygens (including phenoxy) is 1. The molecule has 2 rings (SSSR count). The molecule has 0 aliphatic rings. The van der Waals surface area contributed by atoms with Crippen LogP contribution < -0.4 is 0 Å². The Bertz CT molecular complexity index is 557. The van der Waals surface area contributed by atoms with Crippen molar-refractivity contribution in [2.45, 2.75) is 25.9 Å². The SMILES string of the molecule is CCOC(=O)C[C@H](O)Cc1cccc2ccccc12. The number of esters is 1. The van der Waals surface area contributed by atoms with Gasteiger partial charge in [0.15, 0.2) is 0 Å². The van der Waals surface area contributed by atoms with Crippen molar-refractivity contribution in [3.8, 4) is 0 Å². The molecule has 2 aromatic carbocycles. The van der Waals surface area contributed by atoms with E-state index in [1.165, 1.54) is 0 Å². The number of benzene rings is 2. The summed E-state index contributed by atoms with van der Waals surface area (Å²) in [7, 11) is 0. The number of fused-ring (bicyclic) bond motifs is 1. The third-order valence-corrected chi connectivity index (χ3v) is 3.04. The zero-order chi connectivity index (χ0) is 13.7. The minimum atomic E-state index is -0.704. The Morgan fingerprint density at radius 3 is 2.74 bits per heavy atom. The van der Waals surface area contributed by atoms with Gasteiger partial charge in [-0.3, -0.25) is 4.79 Å². The smallest absolute Gasteiger partial charge is 0.308 e. The first kappa shape index (κ1) is 13.6. The second kappa shape index (κ2) is 6.34. The van der Waals surface area contributed by atoms with Gasteiger partial charge in [0.05, 0.1) is 19.1 Å². The minimum Gasteiger partial charge on any atom is -0.466 e. The predicted octanol–water partition coefficient (Wildman–Crippen LogP) is 2.70. The molecule has 1 N–H and O–H groups in total. The molecule has 0 heterocycles. The van der Waals surface area contributed by atoms with Gasteiger partial charge in [0.25, 0.3) is 0 Å². The van der Waals surface area contributed by atoms with Gasteiger partial charge in [-0.15, -0.1) is 0 Å². The number of carbonyl (C=O) groups is 1. The predicted molar refractivity (Wildman–Crippen MR) is 74.9 cm³/mol. The number of aliphatic hydroxyl groups excluding tert-OH is 1. The van der Waals surface area contributed by atoms with E-state index in [0.717, 1.165) is 16.3 Å². The summed E-state index contributed by atoms with van der Waals surface area (Å²) in [6, 6.07) is 14.0. The molecular formula is C16H18O3. The van der Waals surface area contributed by atoms with Gasteiger partial charge in [0.1, 0.15) is 0 Å². The monoisotopic (exact) mass is 258 g/mol. The highest BCUT2D eigenvalue weighted by Crippen LogP contribution is 2.20. The molecule has 0 bridgehead atoms. The van der Waals surface area contributed by atoms with Gasteiger partial charge in [-0.2, -0.15) is 0 Å². The summed E-state index contributed by atoms with van der Waals surface area (Å²) in [5, 5.41) is 12.2. The van der Waals surface area contributed by atoms with Crippen LogP contribution in [0.1, 0.15) is 18.9 Å². The lowest BCUT2D eigenvalue weighted by atomic mass is 9.99. The number of carbonyl (C=O) groups excluding carboxylic acids is 1. The van der Waals surface area contributed by atoms with E-state index < -0.39 is 6.10 Å². The molecule has 3 heteroatoms. The molecular weight excluding hydrogens is 240 g/mol. The van der Waals surface area contributed by atoms with Crippen LogP contribution in [0.4, 0.5) is 0 Å². The van der Waals surface area contributed by atoms with E-state index in [0.29, 0.717) is 13.0 Å². The average molecular weight is 258 g/mol. The molecule has 0 amide bonds. The van der Waals surface area contributed by atoms with Crippen LogP contribution in [0.5, 0.6) is 0 Å². The molecule has 0 fully saturated rings. The highest BCUT2D eigenvalue weighted by atomic mass is 16.5. The van der Waals surface area contributed by atoms with Gasteiger partial charge in [0, 0.05) is 0 Å². The summed E-state index contributed by atoms with van der Waals surface area (Å²) < 4.78 is 4.84. The third kappa shape index (κ3) is 3.55. The van der Waals surface area contributed by atoms with E-state index >= 15 is 0 Å². The molecule has 0 aromatic heterocycles. The van der Waals surface area contributed by atoms with Crippen molar-refractivity contribution in [3.05, 3.63) is 48.0 Å². The van der Waals surface area contributed by atoms with Gasteiger partial charge < -0.3 is 9.84 Å². The molecule has 0 aliphatic carbocycles. The lowest BCUT2D eigenvalue weighted by molar-refractivity contribution is -0.145. The van der Waals surface area contributed by atoms with Crippen LogP contribution in [0, 0.1) is 0 Å². The molecule has 0 radical (unpaired) electrons. The number of hydrogen-bond donors (Lipinski definition) is 1. The van der Waals surface area contributed by atoms with Crippen molar-refractivity contribution >= 4 is 16.7 Å². The third-order valence-electron chi connectivity index (χ3n) is 3.04. The molecule has 100 valence electrons. The molecule has 0 spiro atoms. The Balaban J connectivity index is 2.10. The highest BCUT2D eigenvalue weighted by molar-refractivity contribution is 5.85. The Hall–Kier alpha value is -1.87. The summed E-state index contributed by atoms with van der Waals surface area (Å²) in [4.78, 5) is 11.3. The van der Waals surface area contributed by atoms with Gasteiger partial charge in [0.2, 0.25) is 0 Å². The standard InChI is InChI=1S/C16H18O3/c1-2-19-16(18)11-14(17)10-13-8-5-7-12-6-3-4-9-15(12)13/h3-9,14,17H,2,10-11H2,1H3/t14-/m1/s1. The summed E-state index contributed by atoms with van der Waals surface area (Å²) in [6.45, 7) is 2.11. The van der Waals surface area contributed by atoms with Crippen molar-refractivity contribution in [1.82, 2.24) is 0 Å². The van der Waals surface area contributed by atoms with Gasteiger partial charge in [-0.1, -0.05) is 42.5 Å². The van der Waals surface area contributed by atoms with Gasteiger partial charge >= 0.3 is 5.97 Å². The largest absolute Gasteiger partial charge is 0.466 e. The van der Waals surface area contributed by atoms with Crippen LogP contribution in [0.3, 0.4) is 0 Å². The molecule has 0 saturated carbocycles. The van der Waals surface area contributed by atoms with E-state index in [-0.39, 0.29) is 12.4 Å². The van der Waals surface area contributed by atoms with E-state index in [4.69, 9.17) is 4.74 Å². The van der Waals surface area contributed by atoms with Crippen LogP contribution in [0.25, 0.3) is 10.8 Å². The van der Waals surface area contributed by atoms with Crippen molar-refractivity contribution in [2.75, 3.05) is 6.61 Å². The maximum absolute atomic E-state index is 11.3.